The molecule has 0 fully saturated rings. The van der Waals surface area contributed by atoms with E-state index in [-0.39, 0.29) is 22.2 Å². The number of ether oxygens (including phenoxy) is 1. The predicted octanol–water partition coefficient (Wildman–Crippen LogP) is 3.61. The third kappa shape index (κ3) is 4.73. The van der Waals surface area contributed by atoms with Crippen molar-refractivity contribution in [2.24, 2.45) is 4.99 Å². The highest BCUT2D eigenvalue weighted by atomic mass is 35.5. The molecule has 0 bridgehead atoms. The molecule has 0 radical (unpaired) electrons. The quantitative estimate of drug-likeness (QED) is 0.456. The summed E-state index contributed by atoms with van der Waals surface area (Å²) >= 11 is 7.31. The molecule has 0 saturated carbocycles. The van der Waals surface area contributed by atoms with Gasteiger partial charge in [0.15, 0.2) is 4.80 Å². The number of hydrogen-bond donors (Lipinski definition) is 1. The fourth-order valence-electron chi connectivity index (χ4n) is 2.78. The minimum atomic E-state index is -0.691. The average molecular weight is 449 g/mol. The Hall–Kier alpha value is -3.08. The van der Waals surface area contributed by atoms with Crippen molar-refractivity contribution in [2.75, 3.05) is 19.0 Å². The number of thiazole rings is 1. The van der Waals surface area contributed by atoms with Crippen molar-refractivity contribution in [3.63, 3.8) is 0 Å². The Balaban J connectivity index is 2.12. The van der Waals surface area contributed by atoms with Crippen LogP contribution in [0.15, 0.2) is 41.4 Å². The lowest BCUT2D eigenvalue weighted by atomic mass is 10.2. The Morgan fingerprint density at radius 2 is 2.07 bits per heavy atom. The first-order valence-corrected chi connectivity index (χ1v) is 9.92. The number of carbonyl (C=O) groups is 2. The number of benzene rings is 2. The molecule has 2 aromatic carbocycles. The van der Waals surface area contributed by atoms with Gasteiger partial charge in [0.05, 0.1) is 32.3 Å². The highest BCUT2D eigenvalue weighted by Gasteiger charge is 2.16. The third-order valence-electron chi connectivity index (χ3n) is 4.11. The number of non-ortho nitro benzene ring substituents is 1. The van der Waals surface area contributed by atoms with Crippen LogP contribution < -0.4 is 10.1 Å². The average Bonchev–Trinajstić information content (AvgIpc) is 3.01. The minimum Gasteiger partial charge on any atom is -0.383 e. The van der Waals surface area contributed by atoms with E-state index in [2.05, 4.69) is 10.3 Å². The number of rotatable bonds is 6. The van der Waals surface area contributed by atoms with Crippen LogP contribution in [0.5, 0.6) is 0 Å². The van der Waals surface area contributed by atoms with E-state index >= 15 is 0 Å². The molecule has 1 heterocycles. The molecule has 3 rings (SSSR count). The molecule has 2 amide bonds. The summed E-state index contributed by atoms with van der Waals surface area (Å²) in [5, 5.41) is 13.8. The molecule has 156 valence electrons. The molecule has 3 aromatic rings. The fourth-order valence-corrected chi connectivity index (χ4v) is 4.07. The molecular weight excluding hydrogens is 432 g/mol. The van der Waals surface area contributed by atoms with E-state index in [9.17, 15) is 19.7 Å². The molecule has 1 aromatic heterocycles. The molecule has 11 heteroatoms. The molecule has 0 atom stereocenters. The molecule has 0 saturated heterocycles. The number of aromatic nitrogens is 1. The summed E-state index contributed by atoms with van der Waals surface area (Å²) in [5.74, 6) is -0.887. The Bertz CT molecular complexity index is 1220. The Morgan fingerprint density at radius 1 is 1.30 bits per heavy atom. The molecule has 0 aliphatic heterocycles. The zero-order valence-electron chi connectivity index (χ0n) is 16.0. The van der Waals surface area contributed by atoms with Gasteiger partial charge in [0.2, 0.25) is 5.91 Å². The lowest BCUT2D eigenvalue weighted by Gasteiger charge is -2.06. The summed E-state index contributed by atoms with van der Waals surface area (Å²) in [6.45, 7) is 2.24. The maximum absolute atomic E-state index is 12.8. The summed E-state index contributed by atoms with van der Waals surface area (Å²) in [6.07, 6.45) is 0. The van der Waals surface area contributed by atoms with Crippen molar-refractivity contribution in [2.45, 2.75) is 13.5 Å². The van der Waals surface area contributed by atoms with Crippen molar-refractivity contribution in [3.05, 3.63) is 61.9 Å². The highest BCUT2D eigenvalue weighted by molar-refractivity contribution is 7.16. The van der Waals surface area contributed by atoms with Crippen LogP contribution in [0, 0.1) is 10.1 Å². The van der Waals surface area contributed by atoms with E-state index in [1.165, 1.54) is 30.4 Å². The van der Waals surface area contributed by atoms with Gasteiger partial charge >= 0.3 is 0 Å². The first-order chi connectivity index (χ1) is 14.3. The van der Waals surface area contributed by atoms with Crippen LogP contribution in [-0.4, -0.2) is 35.0 Å². The molecule has 0 spiro atoms. The smallest absolute Gasteiger partial charge is 0.281 e. The summed E-state index contributed by atoms with van der Waals surface area (Å²) in [6, 6.07) is 8.98. The molecule has 30 heavy (non-hydrogen) atoms. The van der Waals surface area contributed by atoms with Crippen LogP contribution >= 0.6 is 22.9 Å². The number of methoxy groups -OCH3 is 1. The molecule has 0 aliphatic carbocycles. The summed E-state index contributed by atoms with van der Waals surface area (Å²) in [4.78, 5) is 39.0. The second kappa shape index (κ2) is 9.16. The van der Waals surface area contributed by atoms with Crippen LogP contribution in [0.1, 0.15) is 17.3 Å². The molecule has 1 N–H and O–H groups in total. The highest BCUT2D eigenvalue weighted by Crippen LogP contribution is 2.24. The number of halogens is 1. The molecule has 9 nitrogen and oxygen atoms in total. The van der Waals surface area contributed by atoms with Crippen LogP contribution in [0.4, 0.5) is 11.4 Å². The van der Waals surface area contributed by atoms with Crippen molar-refractivity contribution < 1.29 is 19.2 Å². The second-order valence-corrected chi connectivity index (χ2v) is 7.65. The van der Waals surface area contributed by atoms with Crippen LogP contribution in [0.2, 0.25) is 5.02 Å². The van der Waals surface area contributed by atoms with Gasteiger partial charge in [0, 0.05) is 38.4 Å². The van der Waals surface area contributed by atoms with Crippen molar-refractivity contribution in [1.29, 1.82) is 0 Å². The SMILES string of the molecule is COCCn1c(=NC(=O)c2cc([N+](=O)[O-])ccc2Cl)sc2cc(NC(C)=O)ccc21. The first kappa shape index (κ1) is 21.6. The molecular formula is C19H17ClN4O5S. The number of nitrogens with zero attached hydrogens (tertiary/aromatic N) is 3. The van der Waals surface area contributed by atoms with Gasteiger partial charge in [0.1, 0.15) is 0 Å². The number of hydrogen-bond acceptors (Lipinski definition) is 6. The van der Waals surface area contributed by atoms with E-state index in [1.807, 2.05) is 10.6 Å². The largest absolute Gasteiger partial charge is 0.383 e. The molecule has 0 unspecified atom stereocenters. The topological polar surface area (TPSA) is 116 Å². The number of nitro groups is 1. The zero-order valence-corrected chi connectivity index (χ0v) is 17.6. The number of anilines is 1. The number of nitro benzene ring substituents is 1. The first-order valence-electron chi connectivity index (χ1n) is 8.73. The summed E-state index contributed by atoms with van der Waals surface area (Å²) in [5.41, 5.74) is 1.12. The molecule has 0 aliphatic rings. The number of amides is 2. The van der Waals surface area contributed by atoms with Gasteiger partial charge in [-0.2, -0.15) is 4.99 Å². The van der Waals surface area contributed by atoms with Crippen molar-refractivity contribution in [3.8, 4) is 0 Å². The van der Waals surface area contributed by atoms with Crippen LogP contribution in [-0.2, 0) is 16.1 Å². The Kier molecular flexibility index (Phi) is 6.60. The van der Waals surface area contributed by atoms with E-state index in [0.29, 0.717) is 23.6 Å². The third-order valence-corrected chi connectivity index (χ3v) is 5.48. The lowest BCUT2D eigenvalue weighted by molar-refractivity contribution is -0.384. The number of fused-ring (bicyclic) bond motifs is 1. The van der Waals surface area contributed by atoms with Gasteiger partial charge in [-0.15, -0.1) is 0 Å². The second-order valence-electron chi connectivity index (χ2n) is 6.23. The lowest BCUT2D eigenvalue weighted by Crippen LogP contribution is -2.19. The van der Waals surface area contributed by atoms with Gasteiger partial charge in [-0.05, 0) is 24.3 Å². The monoisotopic (exact) mass is 448 g/mol. The number of nitrogens with one attached hydrogen (secondary N) is 1. The van der Waals surface area contributed by atoms with Gasteiger partial charge < -0.3 is 14.6 Å². The zero-order chi connectivity index (χ0) is 21.8. The normalized spacial score (nSPS) is 11.6. The minimum absolute atomic E-state index is 0.0550. The van der Waals surface area contributed by atoms with Gasteiger partial charge in [-0.3, -0.25) is 19.7 Å². The predicted molar refractivity (Wildman–Crippen MR) is 114 cm³/mol. The van der Waals surface area contributed by atoms with E-state index in [4.69, 9.17) is 16.3 Å². The summed E-state index contributed by atoms with van der Waals surface area (Å²) < 4.78 is 7.76. The van der Waals surface area contributed by atoms with Crippen LogP contribution in [0.3, 0.4) is 0 Å². The van der Waals surface area contributed by atoms with E-state index in [1.54, 1.807) is 19.2 Å². The van der Waals surface area contributed by atoms with Crippen LogP contribution in [0.25, 0.3) is 10.2 Å². The van der Waals surface area contributed by atoms with Gasteiger partial charge in [-0.1, -0.05) is 22.9 Å². The number of carbonyl (C=O) groups excluding carboxylic acids is 2. The maximum atomic E-state index is 12.8. The van der Waals surface area contributed by atoms with Crippen molar-refractivity contribution in [1.82, 2.24) is 4.57 Å². The summed E-state index contributed by atoms with van der Waals surface area (Å²) in [7, 11) is 1.56. The van der Waals surface area contributed by atoms with Gasteiger partial charge in [0.25, 0.3) is 11.6 Å². The maximum Gasteiger partial charge on any atom is 0.281 e. The van der Waals surface area contributed by atoms with Gasteiger partial charge in [-0.25, -0.2) is 0 Å². The fraction of sp³-hybridized carbons (Fsp3) is 0.211. The van der Waals surface area contributed by atoms with Crippen molar-refractivity contribution >= 4 is 56.3 Å². The Labute approximate surface area is 179 Å². The Morgan fingerprint density at radius 3 is 2.73 bits per heavy atom. The van der Waals surface area contributed by atoms with E-state index < -0.39 is 10.8 Å². The van der Waals surface area contributed by atoms with E-state index in [0.717, 1.165) is 16.3 Å². The standard InChI is InChI=1S/C19H17ClN4O5S/c1-11(25)21-12-3-6-16-17(9-12)30-19(23(16)7-8-29-2)22-18(26)14-10-13(24(27)28)4-5-15(14)20/h3-6,9-10H,7-8H2,1-2H3,(H,21,25).